The molecule has 1 aliphatic rings. The molecule has 0 N–H and O–H groups in total. The van der Waals surface area contributed by atoms with Gasteiger partial charge in [0.2, 0.25) is 0 Å². The third-order valence-corrected chi connectivity index (χ3v) is 6.13. The topological polar surface area (TPSA) is 78.0 Å². The van der Waals surface area contributed by atoms with Crippen molar-refractivity contribution in [2.24, 2.45) is 0 Å². The molecule has 8 heteroatoms. The van der Waals surface area contributed by atoms with Crippen molar-refractivity contribution < 1.29 is 23.8 Å². The summed E-state index contributed by atoms with van der Waals surface area (Å²) in [5, 5.41) is 2.92. The summed E-state index contributed by atoms with van der Waals surface area (Å²) in [5.41, 5.74) is 2.62. The molecule has 0 fully saturated rings. The van der Waals surface area contributed by atoms with Crippen LogP contribution in [0.1, 0.15) is 28.7 Å². The van der Waals surface area contributed by atoms with E-state index < -0.39 is 6.10 Å². The third kappa shape index (κ3) is 4.05. The van der Waals surface area contributed by atoms with E-state index in [1.54, 1.807) is 36.6 Å². The van der Waals surface area contributed by atoms with Crippen LogP contribution in [0.25, 0.3) is 11.3 Å². The summed E-state index contributed by atoms with van der Waals surface area (Å²) in [7, 11) is 3.04. The van der Waals surface area contributed by atoms with Crippen molar-refractivity contribution in [3.8, 4) is 28.5 Å². The van der Waals surface area contributed by atoms with Crippen LogP contribution < -0.4 is 19.1 Å². The SMILES string of the molecule is CCC1Oc2ccc(-c3csc(C)n3)cc2N(CC(=O)c2ccc(OC)cc2OC)C1=O. The zero-order chi connectivity index (χ0) is 22.8. The van der Waals surface area contributed by atoms with Gasteiger partial charge in [-0.05, 0) is 43.7 Å². The number of thiazole rings is 1. The molecular formula is C24H24N2O5S. The van der Waals surface area contributed by atoms with Gasteiger partial charge in [-0.15, -0.1) is 11.3 Å². The van der Waals surface area contributed by atoms with Gasteiger partial charge in [-0.25, -0.2) is 4.98 Å². The fraction of sp³-hybridized carbons (Fsp3) is 0.292. The van der Waals surface area contributed by atoms with Crippen LogP contribution >= 0.6 is 11.3 Å². The van der Waals surface area contributed by atoms with Gasteiger partial charge >= 0.3 is 0 Å². The number of ether oxygens (including phenoxy) is 3. The molecule has 1 amide bonds. The minimum atomic E-state index is -0.638. The van der Waals surface area contributed by atoms with Gasteiger partial charge in [-0.1, -0.05) is 6.92 Å². The highest BCUT2D eigenvalue weighted by Gasteiger charge is 2.35. The number of carbonyl (C=O) groups is 2. The van der Waals surface area contributed by atoms with E-state index in [9.17, 15) is 9.59 Å². The Morgan fingerprint density at radius 2 is 2.00 bits per heavy atom. The first-order chi connectivity index (χ1) is 15.4. The summed E-state index contributed by atoms with van der Waals surface area (Å²) in [6.07, 6.45) is -0.137. The van der Waals surface area contributed by atoms with Crippen LogP contribution in [0.3, 0.4) is 0 Å². The van der Waals surface area contributed by atoms with Crippen molar-refractivity contribution in [3.05, 3.63) is 52.3 Å². The molecule has 0 aliphatic carbocycles. The number of hydrogen-bond acceptors (Lipinski definition) is 7. The van der Waals surface area contributed by atoms with Gasteiger partial charge in [0, 0.05) is 17.0 Å². The number of methoxy groups -OCH3 is 2. The van der Waals surface area contributed by atoms with Crippen molar-refractivity contribution in [1.29, 1.82) is 0 Å². The van der Waals surface area contributed by atoms with Crippen molar-refractivity contribution in [2.75, 3.05) is 25.7 Å². The van der Waals surface area contributed by atoms with E-state index in [1.807, 2.05) is 37.4 Å². The molecule has 2 aromatic carbocycles. The quantitative estimate of drug-likeness (QED) is 0.491. The molecule has 1 aromatic heterocycles. The largest absolute Gasteiger partial charge is 0.497 e. The Bertz CT molecular complexity index is 1170. The number of carbonyl (C=O) groups excluding carboxylic acids is 2. The van der Waals surface area contributed by atoms with E-state index in [0.717, 1.165) is 16.3 Å². The first-order valence-electron chi connectivity index (χ1n) is 10.2. The van der Waals surface area contributed by atoms with Gasteiger partial charge in [0.1, 0.15) is 17.2 Å². The van der Waals surface area contributed by atoms with Crippen molar-refractivity contribution in [3.63, 3.8) is 0 Å². The lowest BCUT2D eigenvalue weighted by molar-refractivity contribution is -0.126. The Hall–Kier alpha value is -3.39. The molecule has 3 aromatic rings. The lowest BCUT2D eigenvalue weighted by atomic mass is 10.0. The molecule has 4 rings (SSSR count). The predicted octanol–water partition coefficient (Wildman–Crippen LogP) is 4.52. The maximum absolute atomic E-state index is 13.2. The van der Waals surface area contributed by atoms with Gasteiger partial charge in [0.05, 0.1) is 42.7 Å². The van der Waals surface area contributed by atoms with Crippen LogP contribution in [-0.2, 0) is 4.79 Å². The molecule has 1 atom stereocenters. The van der Waals surface area contributed by atoms with Crippen LogP contribution in [-0.4, -0.2) is 43.5 Å². The van der Waals surface area contributed by atoms with Crippen LogP contribution in [0.4, 0.5) is 5.69 Å². The third-order valence-electron chi connectivity index (χ3n) is 5.36. The lowest BCUT2D eigenvalue weighted by Crippen LogP contribution is -2.47. The Morgan fingerprint density at radius 1 is 1.19 bits per heavy atom. The van der Waals surface area contributed by atoms with E-state index in [-0.39, 0.29) is 18.2 Å². The number of benzene rings is 2. The number of amides is 1. The van der Waals surface area contributed by atoms with E-state index >= 15 is 0 Å². The minimum absolute atomic E-state index is 0.131. The molecule has 166 valence electrons. The number of rotatable bonds is 7. The van der Waals surface area contributed by atoms with Gasteiger partial charge in [-0.3, -0.25) is 14.5 Å². The summed E-state index contributed by atoms with van der Waals surface area (Å²) >= 11 is 1.56. The predicted molar refractivity (Wildman–Crippen MR) is 123 cm³/mol. The second kappa shape index (κ2) is 9.00. The normalized spacial score (nSPS) is 15.2. The van der Waals surface area contributed by atoms with Gasteiger partial charge < -0.3 is 14.2 Å². The summed E-state index contributed by atoms with van der Waals surface area (Å²) in [6, 6.07) is 10.6. The number of anilines is 1. The molecule has 1 unspecified atom stereocenters. The smallest absolute Gasteiger partial charge is 0.268 e. The monoisotopic (exact) mass is 452 g/mol. The Labute approximate surface area is 190 Å². The Balaban J connectivity index is 1.71. The van der Waals surface area contributed by atoms with Gasteiger partial charge in [-0.2, -0.15) is 0 Å². The highest BCUT2D eigenvalue weighted by molar-refractivity contribution is 7.09. The first-order valence-corrected chi connectivity index (χ1v) is 11.1. The molecule has 0 radical (unpaired) electrons. The standard InChI is InChI=1S/C24H24N2O5S/c1-5-21-24(28)26(12-20(27)17-8-7-16(29-3)11-23(17)30-4)19-10-15(6-9-22(19)31-21)18-13-32-14(2)25-18/h6-11,13,21H,5,12H2,1-4H3. The molecule has 0 spiro atoms. The van der Waals surface area contributed by atoms with Crippen molar-refractivity contribution >= 4 is 28.7 Å². The maximum Gasteiger partial charge on any atom is 0.268 e. The molecular weight excluding hydrogens is 428 g/mol. The molecule has 0 saturated carbocycles. The van der Waals surface area contributed by atoms with E-state index in [2.05, 4.69) is 4.98 Å². The summed E-state index contributed by atoms with van der Waals surface area (Å²) in [5.74, 6) is 1.07. The minimum Gasteiger partial charge on any atom is -0.497 e. The lowest BCUT2D eigenvalue weighted by Gasteiger charge is -2.34. The average molecular weight is 453 g/mol. The number of ketones is 1. The molecule has 32 heavy (non-hydrogen) atoms. The second-order valence-electron chi connectivity index (χ2n) is 7.36. The van der Waals surface area contributed by atoms with Crippen molar-refractivity contribution in [1.82, 2.24) is 4.98 Å². The second-order valence-corrected chi connectivity index (χ2v) is 8.43. The highest BCUT2D eigenvalue weighted by Crippen LogP contribution is 2.38. The summed E-state index contributed by atoms with van der Waals surface area (Å²) in [6.45, 7) is 3.69. The van der Waals surface area contributed by atoms with Crippen molar-refractivity contribution in [2.45, 2.75) is 26.4 Å². The zero-order valence-electron chi connectivity index (χ0n) is 18.4. The average Bonchev–Trinajstić information content (AvgIpc) is 3.26. The highest BCUT2D eigenvalue weighted by atomic mass is 32.1. The maximum atomic E-state index is 13.2. The number of aromatic nitrogens is 1. The number of Topliss-reactive ketones (excluding diaryl/α,β-unsaturated/α-hetero) is 1. The Morgan fingerprint density at radius 3 is 2.66 bits per heavy atom. The molecule has 7 nitrogen and oxygen atoms in total. The van der Waals surface area contributed by atoms with Crippen LogP contribution in [0.15, 0.2) is 41.8 Å². The summed E-state index contributed by atoms with van der Waals surface area (Å²) < 4.78 is 16.5. The van der Waals surface area contributed by atoms with Crippen LogP contribution in [0.2, 0.25) is 0 Å². The van der Waals surface area contributed by atoms with Gasteiger partial charge in [0.25, 0.3) is 5.91 Å². The molecule has 2 heterocycles. The number of nitrogens with zero attached hydrogens (tertiary/aromatic N) is 2. The molecule has 1 aliphatic heterocycles. The number of aryl methyl sites for hydroxylation is 1. The molecule has 0 bridgehead atoms. The van der Waals surface area contributed by atoms with E-state index in [0.29, 0.717) is 34.9 Å². The van der Waals surface area contributed by atoms with Gasteiger partial charge in [0.15, 0.2) is 11.9 Å². The number of fused-ring (bicyclic) bond motifs is 1. The van der Waals surface area contributed by atoms with E-state index in [4.69, 9.17) is 14.2 Å². The zero-order valence-corrected chi connectivity index (χ0v) is 19.2. The fourth-order valence-corrected chi connectivity index (χ4v) is 4.28. The number of hydrogen-bond donors (Lipinski definition) is 0. The van der Waals surface area contributed by atoms with Crippen LogP contribution in [0, 0.1) is 6.92 Å². The van der Waals surface area contributed by atoms with Crippen LogP contribution in [0.5, 0.6) is 17.2 Å². The summed E-state index contributed by atoms with van der Waals surface area (Å²) in [4.78, 5) is 32.4. The first kappa shape index (κ1) is 21.8. The Kier molecular flexibility index (Phi) is 6.14. The fourth-order valence-electron chi connectivity index (χ4n) is 3.66. The molecule has 0 saturated heterocycles. The van der Waals surface area contributed by atoms with E-state index in [1.165, 1.54) is 12.0 Å².